The summed E-state index contributed by atoms with van der Waals surface area (Å²) >= 11 is 0. The van der Waals surface area contributed by atoms with E-state index >= 15 is 0 Å². The standard InChI is InChI=1S/C12H14FNO3/c1-8-12(11(15)16,5-6-17-8)14-10-4-2-3-9(13)7-10/h2-4,7-8,14H,5-6H2,1H3,(H,15,16). The van der Waals surface area contributed by atoms with E-state index in [-0.39, 0.29) is 0 Å². The van der Waals surface area contributed by atoms with Crippen molar-refractivity contribution in [2.75, 3.05) is 11.9 Å². The molecule has 0 spiro atoms. The number of hydrogen-bond donors (Lipinski definition) is 2. The van der Waals surface area contributed by atoms with E-state index in [1.165, 1.54) is 18.2 Å². The van der Waals surface area contributed by atoms with Gasteiger partial charge in [-0.1, -0.05) is 6.07 Å². The third-order valence-electron chi connectivity index (χ3n) is 3.13. The maximum absolute atomic E-state index is 13.0. The number of halogens is 1. The van der Waals surface area contributed by atoms with Crippen molar-refractivity contribution >= 4 is 11.7 Å². The second-order valence-electron chi connectivity index (χ2n) is 4.17. The quantitative estimate of drug-likeness (QED) is 0.845. The van der Waals surface area contributed by atoms with Gasteiger partial charge in [0.15, 0.2) is 5.54 Å². The van der Waals surface area contributed by atoms with Crippen LogP contribution >= 0.6 is 0 Å². The van der Waals surface area contributed by atoms with Crippen LogP contribution in [0.4, 0.5) is 10.1 Å². The summed E-state index contributed by atoms with van der Waals surface area (Å²) < 4.78 is 18.3. The van der Waals surface area contributed by atoms with Crippen LogP contribution < -0.4 is 5.32 Å². The Kier molecular flexibility index (Phi) is 3.02. The summed E-state index contributed by atoms with van der Waals surface area (Å²) in [6, 6.07) is 5.76. The number of anilines is 1. The van der Waals surface area contributed by atoms with Gasteiger partial charge in [0, 0.05) is 18.7 Å². The van der Waals surface area contributed by atoms with E-state index in [2.05, 4.69) is 5.32 Å². The molecule has 5 heteroatoms. The highest BCUT2D eigenvalue weighted by atomic mass is 19.1. The Morgan fingerprint density at radius 3 is 2.94 bits per heavy atom. The van der Waals surface area contributed by atoms with Crippen LogP contribution in [0.1, 0.15) is 13.3 Å². The zero-order valence-electron chi connectivity index (χ0n) is 9.44. The minimum absolute atomic E-state index is 0.361. The lowest BCUT2D eigenvalue weighted by atomic mass is 9.91. The minimum atomic E-state index is -1.17. The molecule has 17 heavy (non-hydrogen) atoms. The Hall–Kier alpha value is -1.62. The molecule has 92 valence electrons. The van der Waals surface area contributed by atoms with Crippen LogP contribution in [0.15, 0.2) is 24.3 Å². The van der Waals surface area contributed by atoms with E-state index < -0.39 is 23.4 Å². The SMILES string of the molecule is CC1OCCC1(Nc1cccc(F)c1)C(=O)O. The summed E-state index contributed by atoms with van der Waals surface area (Å²) in [5.74, 6) is -1.38. The van der Waals surface area contributed by atoms with Crippen LogP contribution in [0.2, 0.25) is 0 Å². The van der Waals surface area contributed by atoms with E-state index in [0.29, 0.717) is 18.7 Å². The van der Waals surface area contributed by atoms with Gasteiger partial charge in [0.25, 0.3) is 0 Å². The van der Waals surface area contributed by atoms with Gasteiger partial charge in [-0.3, -0.25) is 0 Å². The number of nitrogens with one attached hydrogen (secondary N) is 1. The Labute approximate surface area is 98.4 Å². The van der Waals surface area contributed by atoms with Gasteiger partial charge >= 0.3 is 5.97 Å². The zero-order valence-corrected chi connectivity index (χ0v) is 9.44. The summed E-state index contributed by atoms with van der Waals surface area (Å²) in [4.78, 5) is 11.4. The van der Waals surface area contributed by atoms with E-state index in [1.54, 1.807) is 13.0 Å². The number of aliphatic carboxylic acids is 1. The second-order valence-corrected chi connectivity index (χ2v) is 4.17. The topological polar surface area (TPSA) is 58.6 Å². The number of carbonyl (C=O) groups is 1. The van der Waals surface area contributed by atoms with E-state index in [0.717, 1.165) is 0 Å². The molecular formula is C12H14FNO3. The number of carboxylic acid groups (broad SMARTS) is 1. The first-order valence-electron chi connectivity index (χ1n) is 5.43. The van der Waals surface area contributed by atoms with Crippen molar-refractivity contribution in [3.05, 3.63) is 30.1 Å². The number of carboxylic acids is 1. The van der Waals surface area contributed by atoms with Crippen LogP contribution in [0.5, 0.6) is 0 Å². The van der Waals surface area contributed by atoms with Crippen molar-refractivity contribution in [1.29, 1.82) is 0 Å². The maximum atomic E-state index is 13.0. The number of rotatable bonds is 3. The van der Waals surface area contributed by atoms with E-state index in [9.17, 15) is 14.3 Å². The molecule has 1 aliphatic rings. The normalized spacial score (nSPS) is 28.0. The predicted molar refractivity (Wildman–Crippen MR) is 60.4 cm³/mol. The van der Waals surface area contributed by atoms with Gasteiger partial charge in [-0.15, -0.1) is 0 Å². The smallest absolute Gasteiger partial charge is 0.332 e. The van der Waals surface area contributed by atoms with Gasteiger partial charge in [-0.25, -0.2) is 9.18 Å². The molecule has 4 nitrogen and oxygen atoms in total. The third kappa shape index (κ3) is 2.10. The van der Waals surface area contributed by atoms with Gasteiger partial charge in [0.05, 0.1) is 6.10 Å². The summed E-state index contributed by atoms with van der Waals surface area (Å²) in [6.45, 7) is 2.09. The average molecular weight is 239 g/mol. The summed E-state index contributed by atoms with van der Waals surface area (Å²) in [5, 5.41) is 12.2. The molecule has 0 aliphatic carbocycles. The van der Waals surface area contributed by atoms with Crippen molar-refractivity contribution in [2.24, 2.45) is 0 Å². The number of hydrogen-bond acceptors (Lipinski definition) is 3. The molecular weight excluding hydrogens is 225 g/mol. The fourth-order valence-electron chi connectivity index (χ4n) is 2.06. The third-order valence-corrected chi connectivity index (χ3v) is 3.13. The Balaban J connectivity index is 2.28. The first-order chi connectivity index (χ1) is 8.04. The van der Waals surface area contributed by atoms with Crippen LogP contribution in [0.3, 0.4) is 0 Å². The number of ether oxygens (including phenoxy) is 1. The molecule has 1 aromatic rings. The van der Waals surface area contributed by atoms with Crippen molar-refractivity contribution < 1.29 is 19.0 Å². The van der Waals surface area contributed by atoms with Gasteiger partial charge in [0.2, 0.25) is 0 Å². The van der Waals surface area contributed by atoms with Gasteiger partial charge in [-0.05, 0) is 25.1 Å². The monoisotopic (exact) mass is 239 g/mol. The molecule has 2 rings (SSSR count). The summed E-state index contributed by atoms with van der Waals surface area (Å²) in [5.41, 5.74) is -0.724. The van der Waals surface area contributed by atoms with Crippen molar-refractivity contribution in [2.45, 2.75) is 25.0 Å². The maximum Gasteiger partial charge on any atom is 0.332 e. The predicted octanol–water partition coefficient (Wildman–Crippen LogP) is 1.87. The van der Waals surface area contributed by atoms with Crippen LogP contribution in [0, 0.1) is 5.82 Å². The zero-order chi connectivity index (χ0) is 12.5. The average Bonchev–Trinajstić information content (AvgIpc) is 2.61. The lowest BCUT2D eigenvalue weighted by Crippen LogP contribution is -2.51. The Morgan fingerprint density at radius 2 is 2.41 bits per heavy atom. The molecule has 1 aliphatic heterocycles. The van der Waals surface area contributed by atoms with Crippen molar-refractivity contribution in [3.8, 4) is 0 Å². The van der Waals surface area contributed by atoms with Crippen LogP contribution in [0.25, 0.3) is 0 Å². The molecule has 1 aromatic carbocycles. The lowest BCUT2D eigenvalue weighted by molar-refractivity contribution is -0.143. The molecule has 2 unspecified atom stereocenters. The minimum Gasteiger partial charge on any atom is -0.479 e. The first kappa shape index (κ1) is 11.9. The summed E-state index contributed by atoms with van der Waals surface area (Å²) in [6.07, 6.45) is -0.0942. The Morgan fingerprint density at radius 1 is 1.65 bits per heavy atom. The van der Waals surface area contributed by atoms with Crippen molar-refractivity contribution in [3.63, 3.8) is 0 Å². The number of benzene rings is 1. The highest BCUT2D eigenvalue weighted by Crippen LogP contribution is 2.30. The highest BCUT2D eigenvalue weighted by Gasteiger charge is 2.48. The van der Waals surface area contributed by atoms with Crippen molar-refractivity contribution in [1.82, 2.24) is 0 Å². The molecule has 1 heterocycles. The lowest BCUT2D eigenvalue weighted by Gasteiger charge is -2.29. The molecule has 1 fully saturated rings. The molecule has 0 radical (unpaired) electrons. The molecule has 0 aromatic heterocycles. The highest BCUT2D eigenvalue weighted by molar-refractivity contribution is 5.84. The molecule has 0 bridgehead atoms. The second kappa shape index (κ2) is 4.33. The van der Waals surface area contributed by atoms with Crippen LogP contribution in [-0.2, 0) is 9.53 Å². The fourth-order valence-corrected chi connectivity index (χ4v) is 2.06. The molecule has 2 atom stereocenters. The van der Waals surface area contributed by atoms with E-state index in [1.807, 2.05) is 0 Å². The molecule has 2 N–H and O–H groups in total. The molecule has 1 saturated heterocycles. The van der Waals surface area contributed by atoms with E-state index in [4.69, 9.17) is 4.74 Å². The Bertz CT molecular complexity index is 438. The molecule has 0 saturated carbocycles. The largest absolute Gasteiger partial charge is 0.479 e. The summed E-state index contributed by atoms with van der Waals surface area (Å²) in [7, 11) is 0. The first-order valence-corrected chi connectivity index (χ1v) is 5.43. The van der Waals surface area contributed by atoms with Crippen LogP contribution in [-0.4, -0.2) is 29.3 Å². The molecule has 0 amide bonds. The van der Waals surface area contributed by atoms with Gasteiger partial charge in [0.1, 0.15) is 5.82 Å². The van der Waals surface area contributed by atoms with Gasteiger partial charge in [-0.2, -0.15) is 0 Å². The van der Waals surface area contributed by atoms with Gasteiger partial charge < -0.3 is 15.2 Å². The fraction of sp³-hybridized carbons (Fsp3) is 0.417.